The zero-order chi connectivity index (χ0) is 30.5. The highest BCUT2D eigenvalue weighted by Gasteiger charge is 2.21. The number of amides is 2. The lowest BCUT2D eigenvalue weighted by Gasteiger charge is -2.35. The van der Waals surface area contributed by atoms with Gasteiger partial charge in [0.25, 0.3) is 0 Å². The van der Waals surface area contributed by atoms with E-state index in [0.29, 0.717) is 49.1 Å². The number of benzene rings is 2. The Bertz CT molecular complexity index is 1370. The van der Waals surface area contributed by atoms with E-state index in [2.05, 4.69) is 35.4 Å². The van der Waals surface area contributed by atoms with Crippen LogP contribution in [0, 0.1) is 0 Å². The van der Waals surface area contributed by atoms with Crippen LogP contribution in [0.1, 0.15) is 13.8 Å². The molecule has 0 radical (unpaired) electrons. The molecular formula is C29H36ClN9O4. The van der Waals surface area contributed by atoms with Crippen LogP contribution in [-0.2, 0) is 9.59 Å². The number of nitrogens with one attached hydrogen (secondary N) is 2. The second-order valence-electron chi connectivity index (χ2n) is 10.3. The first kappa shape index (κ1) is 30.0. The summed E-state index contributed by atoms with van der Waals surface area (Å²) in [6, 6.07) is 11.7. The van der Waals surface area contributed by atoms with E-state index in [1.54, 1.807) is 28.1 Å². The summed E-state index contributed by atoms with van der Waals surface area (Å²) in [6.07, 6.45) is 0. The molecular weight excluding hydrogens is 574 g/mol. The molecule has 13 nitrogen and oxygen atoms in total. The molecule has 3 heterocycles. The van der Waals surface area contributed by atoms with Gasteiger partial charge in [-0.3, -0.25) is 9.59 Å². The van der Waals surface area contributed by atoms with E-state index in [0.717, 1.165) is 37.6 Å². The van der Waals surface area contributed by atoms with Crippen LogP contribution in [0.25, 0.3) is 0 Å². The molecule has 2 fully saturated rings. The van der Waals surface area contributed by atoms with E-state index < -0.39 is 0 Å². The molecule has 2 aliphatic heterocycles. The Kier molecular flexibility index (Phi) is 9.19. The maximum Gasteiger partial charge on any atom is 0.233 e. The highest BCUT2D eigenvalue weighted by Crippen LogP contribution is 2.34. The third kappa shape index (κ3) is 7.11. The Hall–Kier alpha value is -4.52. The van der Waals surface area contributed by atoms with Gasteiger partial charge in [0, 0.05) is 89.7 Å². The average molecular weight is 610 g/mol. The molecule has 2 N–H and O–H groups in total. The third-order valence-electron chi connectivity index (χ3n) is 7.65. The van der Waals surface area contributed by atoms with E-state index in [1.807, 2.05) is 46.2 Å². The molecule has 2 aliphatic rings. The van der Waals surface area contributed by atoms with Crippen molar-refractivity contribution in [3.8, 4) is 11.5 Å². The lowest BCUT2D eigenvalue weighted by atomic mass is 10.2. The van der Waals surface area contributed by atoms with E-state index in [9.17, 15) is 9.59 Å². The minimum absolute atomic E-state index is 0.0119. The Labute approximate surface area is 255 Å². The predicted octanol–water partition coefficient (Wildman–Crippen LogP) is 3.37. The summed E-state index contributed by atoms with van der Waals surface area (Å²) in [7, 11) is 3.20. The van der Waals surface area contributed by atoms with Gasteiger partial charge in [0.05, 0.1) is 25.6 Å². The number of hydrogen-bond acceptors (Lipinski definition) is 11. The fourth-order valence-corrected chi connectivity index (χ4v) is 5.38. The molecule has 1 aromatic heterocycles. The standard InChI is InChI=1S/C29H36ClN9O4/c1-19(40)36-9-13-38(14-10-36)21-5-7-23(25(17-21)42-3)31-28-33-27(30)34-29(35-28)32-24-8-6-22(18-26(24)43-4)39-15-11-37(12-16-39)20(2)41/h5-8,17-18H,9-16H2,1-4H3,(H2,31,32,33,34,35). The van der Waals surface area contributed by atoms with Gasteiger partial charge in [0.15, 0.2) is 0 Å². The first-order valence-corrected chi connectivity index (χ1v) is 14.4. The quantitative estimate of drug-likeness (QED) is 0.390. The van der Waals surface area contributed by atoms with E-state index >= 15 is 0 Å². The average Bonchev–Trinajstić information content (AvgIpc) is 3.01. The number of carbonyl (C=O) groups is 2. The summed E-state index contributed by atoms with van der Waals surface area (Å²) < 4.78 is 11.3. The van der Waals surface area contributed by atoms with Crippen molar-refractivity contribution in [2.45, 2.75) is 13.8 Å². The number of anilines is 6. The van der Waals surface area contributed by atoms with Crippen LogP contribution in [0.5, 0.6) is 11.5 Å². The monoisotopic (exact) mass is 609 g/mol. The van der Waals surface area contributed by atoms with Gasteiger partial charge in [0.1, 0.15) is 11.5 Å². The van der Waals surface area contributed by atoms with Crippen LogP contribution in [0.2, 0.25) is 5.28 Å². The van der Waals surface area contributed by atoms with E-state index in [1.165, 1.54) is 0 Å². The van der Waals surface area contributed by atoms with Crippen molar-refractivity contribution in [2.75, 3.05) is 87.0 Å². The topological polar surface area (TPSA) is 128 Å². The second kappa shape index (κ2) is 13.2. The fourth-order valence-electron chi connectivity index (χ4n) is 5.22. The van der Waals surface area contributed by atoms with Crippen molar-refractivity contribution >= 4 is 58.1 Å². The van der Waals surface area contributed by atoms with Gasteiger partial charge in [-0.05, 0) is 35.9 Å². The first-order chi connectivity index (χ1) is 20.7. The fraction of sp³-hybridized carbons (Fsp3) is 0.414. The molecule has 0 saturated carbocycles. The minimum atomic E-state index is 0.0119. The van der Waals surface area contributed by atoms with Crippen molar-refractivity contribution in [1.82, 2.24) is 24.8 Å². The van der Waals surface area contributed by atoms with Gasteiger partial charge in [-0.25, -0.2) is 0 Å². The molecule has 2 aromatic carbocycles. The minimum Gasteiger partial charge on any atom is -0.494 e. The molecule has 0 atom stereocenters. The Balaban J connectivity index is 1.28. The van der Waals surface area contributed by atoms with Crippen LogP contribution in [0.4, 0.5) is 34.6 Å². The Morgan fingerprint density at radius 1 is 0.674 bits per heavy atom. The van der Waals surface area contributed by atoms with Gasteiger partial charge >= 0.3 is 0 Å². The molecule has 0 aliphatic carbocycles. The maximum absolute atomic E-state index is 11.7. The number of aromatic nitrogens is 3. The SMILES string of the molecule is COc1cc(N2CCN(C(C)=O)CC2)ccc1Nc1nc(Cl)nc(Nc2ccc(N3CCN(C(C)=O)CC3)cc2OC)n1. The normalized spacial score (nSPS) is 15.3. The number of carbonyl (C=O) groups excluding carboxylic acids is 2. The van der Waals surface area contributed by atoms with Crippen molar-refractivity contribution in [3.63, 3.8) is 0 Å². The van der Waals surface area contributed by atoms with Gasteiger partial charge in [0.2, 0.25) is 29.0 Å². The number of halogens is 1. The summed E-state index contributed by atoms with van der Waals surface area (Å²) >= 11 is 6.28. The van der Waals surface area contributed by atoms with Gasteiger partial charge < -0.3 is 39.7 Å². The van der Waals surface area contributed by atoms with Crippen LogP contribution in [-0.4, -0.2) is 103 Å². The zero-order valence-electron chi connectivity index (χ0n) is 24.8. The molecule has 0 spiro atoms. The number of methoxy groups -OCH3 is 2. The zero-order valence-corrected chi connectivity index (χ0v) is 25.5. The van der Waals surface area contributed by atoms with Crippen molar-refractivity contribution in [2.24, 2.45) is 0 Å². The van der Waals surface area contributed by atoms with E-state index in [4.69, 9.17) is 21.1 Å². The highest BCUT2D eigenvalue weighted by atomic mass is 35.5. The molecule has 43 heavy (non-hydrogen) atoms. The molecule has 2 amide bonds. The largest absolute Gasteiger partial charge is 0.494 e. The number of ether oxygens (including phenoxy) is 2. The lowest BCUT2D eigenvalue weighted by Crippen LogP contribution is -2.48. The summed E-state index contributed by atoms with van der Waals surface area (Å²) in [5.74, 6) is 1.89. The molecule has 0 unspecified atom stereocenters. The van der Waals surface area contributed by atoms with Crippen LogP contribution in [0.15, 0.2) is 36.4 Å². The summed E-state index contributed by atoms with van der Waals surface area (Å²) in [5, 5.41) is 6.38. The second-order valence-corrected chi connectivity index (χ2v) is 10.6. The number of hydrogen-bond donors (Lipinski definition) is 2. The van der Waals surface area contributed by atoms with Crippen molar-refractivity contribution < 1.29 is 19.1 Å². The summed E-state index contributed by atoms with van der Waals surface area (Å²) in [5.41, 5.74) is 3.32. The van der Waals surface area contributed by atoms with Crippen molar-refractivity contribution in [1.29, 1.82) is 0 Å². The smallest absolute Gasteiger partial charge is 0.233 e. The number of nitrogens with zero attached hydrogens (tertiary/aromatic N) is 7. The molecule has 14 heteroatoms. The first-order valence-electron chi connectivity index (χ1n) is 14.1. The number of piperazine rings is 2. The van der Waals surface area contributed by atoms with Gasteiger partial charge in [-0.2, -0.15) is 15.0 Å². The van der Waals surface area contributed by atoms with Crippen molar-refractivity contribution in [3.05, 3.63) is 41.7 Å². The molecule has 5 rings (SSSR count). The van der Waals surface area contributed by atoms with Gasteiger partial charge in [-0.15, -0.1) is 0 Å². The Morgan fingerprint density at radius 3 is 1.42 bits per heavy atom. The van der Waals surface area contributed by atoms with Crippen LogP contribution in [0.3, 0.4) is 0 Å². The summed E-state index contributed by atoms with van der Waals surface area (Å²) in [6.45, 7) is 8.91. The number of rotatable bonds is 8. The molecule has 0 bridgehead atoms. The lowest BCUT2D eigenvalue weighted by molar-refractivity contribution is -0.129. The van der Waals surface area contributed by atoms with E-state index in [-0.39, 0.29) is 29.0 Å². The molecule has 228 valence electrons. The van der Waals surface area contributed by atoms with Crippen LogP contribution < -0.4 is 29.9 Å². The Morgan fingerprint density at radius 2 is 1.07 bits per heavy atom. The maximum atomic E-state index is 11.7. The van der Waals surface area contributed by atoms with Crippen LogP contribution >= 0.6 is 11.6 Å². The summed E-state index contributed by atoms with van der Waals surface area (Å²) in [4.78, 5) is 44.5. The predicted molar refractivity (Wildman–Crippen MR) is 166 cm³/mol. The molecule has 2 saturated heterocycles. The molecule has 3 aromatic rings. The van der Waals surface area contributed by atoms with Gasteiger partial charge in [-0.1, -0.05) is 0 Å². The third-order valence-corrected chi connectivity index (χ3v) is 7.82. The highest BCUT2D eigenvalue weighted by molar-refractivity contribution is 6.28.